The van der Waals surface area contributed by atoms with Crippen molar-refractivity contribution < 1.29 is 9.18 Å². The van der Waals surface area contributed by atoms with Gasteiger partial charge < -0.3 is 4.98 Å². The van der Waals surface area contributed by atoms with Crippen molar-refractivity contribution in [2.75, 3.05) is 13.1 Å². The fourth-order valence-corrected chi connectivity index (χ4v) is 3.49. The quantitative estimate of drug-likeness (QED) is 0.698. The van der Waals surface area contributed by atoms with E-state index in [4.69, 9.17) is 11.6 Å². The maximum Gasteiger partial charge on any atom is 0.265 e. The van der Waals surface area contributed by atoms with E-state index in [2.05, 4.69) is 15.4 Å². The molecule has 2 N–H and O–H groups in total. The van der Waals surface area contributed by atoms with Crippen LogP contribution in [-0.4, -0.2) is 34.0 Å². The maximum atomic E-state index is 14.7. The van der Waals surface area contributed by atoms with E-state index in [-0.39, 0.29) is 11.5 Å². The second-order valence-corrected chi connectivity index (χ2v) is 7.29. The molecule has 1 aliphatic rings. The second kappa shape index (κ2) is 7.29. The third-order valence-electron chi connectivity index (χ3n) is 4.86. The Morgan fingerprint density at radius 1 is 1.22 bits per heavy atom. The average molecular weight is 387 g/mol. The van der Waals surface area contributed by atoms with Crippen molar-refractivity contribution in [1.29, 1.82) is 0 Å². The first-order chi connectivity index (χ1) is 13.0. The number of nitrogens with zero attached hydrogens (tertiary/aromatic N) is 2. The second-order valence-electron chi connectivity index (χ2n) is 6.89. The zero-order chi connectivity index (χ0) is 19.0. The lowest BCUT2D eigenvalue weighted by molar-refractivity contribution is 0.0749. The number of hydrazine groups is 1. The molecule has 1 aromatic heterocycles. The van der Waals surface area contributed by atoms with Gasteiger partial charge in [0.2, 0.25) is 0 Å². The lowest BCUT2D eigenvalue weighted by atomic mass is 10.1. The lowest BCUT2D eigenvalue weighted by Gasteiger charge is -2.26. The number of carbonyl (C=O) groups is 1. The van der Waals surface area contributed by atoms with Gasteiger partial charge in [0.15, 0.2) is 0 Å². The van der Waals surface area contributed by atoms with E-state index in [1.807, 2.05) is 18.0 Å². The number of aromatic nitrogens is 2. The van der Waals surface area contributed by atoms with Crippen molar-refractivity contribution in [3.05, 3.63) is 52.3 Å². The van der Waals surface area contributed by atoms with Crippen LogP contribution in [0.4, 0.5) is 4.39 Å². The molecule has 0 atom stereocenters. The van der Waals surface area contributed by atoms with Crippen molar-refractivity contribution >= 4 is 28.5 Å². The summed E-state index contributed by atoms with van der Waals surface area (Å²) >= 11 is 6.13. The normalized spacial score (nSPS) is 15.2. The van der Waals surface area contributed by atoms with Gasteiger partial charge in [-0.25, -0.2) is 14.4 Å². The first-order valence-corrected chi connectivity index (χ1v) is 9.41. The minimum Gasteiger partial charge on any atom is -0.338 e. The van der Waals surface area contributed by atoms with E-state index in [9.17, 15) is 9.18 Å². The Hall–Kier alpha value is -2.44. The number of aromatic amines is 1. The smallest absolute Gasteiger partial charge is 0.265 e. The number of piperidine rings is 1. The number of rotatable bonds is 3. The highest BCUT2D eigenvalue weighted by Crippen LogP contribution is 2.27. The molecule has 1 amide bonds. The topological polar surface area (TPSA) is 61.0 Å². The third kappa shape index (κ3) is 3.68. The predicted molar refractivity (Wildman–Crippen MR) is 104 cm³/mol. The van der Waals surface area contributed by atoms with Gasteiger partial charge in [-0.05, 0) is 55.7 Å². The van der Waals surface area contributed by atoms with Gasteiger partial charge in [-0.2, -0.15) is 0 Å². The van der Waals surface area contributed by atoms with Gasteiger partial charge in [-0.1, -0.05) is 18.0 Å². The van der Waals surface area contributed by atoms with Crippen LogP contribution >= 0.6 is 11.6 Å². The first kappa shape index (κ1) is 17.9. The number of amides is 1. The molecule has 4 rings (SSSR count). The number of fused-ring (bicyclic) bond motifs is 1. The molecule has 0 spiro atoms. The molecule has 0 aliphatic carbocycles. The lowest BCUT2D eigenvalue weighted by Crippen LogP contribution is -2.45. The maximum absolute atomic E-state index is 14.7. The van der Waals surface area contributed by atoms with Crippen LogP contribution in [0.2, 0.25) is 5.02 Å². The van der Waals surface area contributed by atoms with E-state index in [1.165, 1.54) is 12.5 Å². The van der Waals surface area contributed by atoms with Crippen LogP contribution < -0.4 is 5.43 Å². The van der Waals surface area contributed by atoms with Crippen molar-refractivity contribution in [2.45, 2.75) is 26.2 Å². The van der Waals surface area contributed by atoms with E-state index in [1.54, 1.807) is 18.2 Å². The molecule has 5 nitrogen and oxygen atoms in total. The molecule has 0 unspecified atom stereocenters. The Morgan fingerprint density at radius 2 is 2.00 bits per heavy atom. The zero-order valence-electron chi connectivity index (χ0n) is 15.0. The molecule has 27 heavy (non-hydrogen) atoms. The van der Waals surface area contributed by atoms with E-state index in [0.717, 1.165) is 37.0 Å². The molecule has 1 saturated heterocycles. The Kier molecular flexibility index (Phi) is 4.85. The summed E-state index contributed by atoms with van der Waals surface area (Å²) in [6, 6.07) is 8.08. The van der Waals surface area contributed by atoms with E-state index >= 15 is 0 Å². The van der Waals surface area contributed by atoms with Crippen LogP contribution in [0.3, 0.4) is 0 Å². The molecule has 7 heteroatoms. The van der Waals surface area contributed by atoms with Gasteiger partial charge in [0.25, 0.3) is 5.91 Å². The fraction of sp³-hybridized carbons (Fsp3) is 0.300. The summed E-state index contributed by atoms with van der Waals surface area (Å²) in [5.41, 5.74) is 5.83. The highest BCUT2D eigenvalue weighted by atomic mass is 35.5. The Labute approximate surface area is 161 Å². The minimum absolute atomic E-state index is 0.289. The number of halogens is 2. The fourth-order valence-electron chi connectivity index (χ4n) is 3.33. The Morgan fingerprint density at radius 3 is 2.74 bits per heavy atom. The van der Waals surface area contributed by atoms with Crippen molar-refractivity contribution in [1.82, 2.24) is 20.4 Å². The number of imidazole rings is 1. The standard InChI is InChI=1S/C20H20ClFN4O/c1-12-9-17-18(11-15(12)21)24-19(23-17)14-6-5-13(10-16(14)22)20(27)25-26-7-3-2-4-8-26/h5-6,9-11H,2-4,7-8H2,1H3,(H,23,24)(H,25,27). The summed E-state index contributed by atoms with van der Waals surface area (Å²) < 4.78 is 14.7. The molecule has 1 fully saturated rings. The molecule has 0 bridgehead atoms. The molecular weight excluding hydrogens is 367 g/mol. The summed E-state index contributed by atoms with van der Waals surface area (Å²) in [7, 11) is 0. The summed E-state index contributed by atoms with van der Waals surface area (Å²) in [6.07, 6.45) is 3.30. The molecule has 140 valence electrons. The van der Waals surface area contributed by atoms with Crippen LogP contribution in [0.1, 0.15) is 35.2 Å². The van der Waals surface area contributed by atoms with Crippen molar-refractivity contribution in [3.8, 4) is 11.4 Å². The Balaban J connectivity index is 1.59. The average Bonchev–Trinajstić information content (AvgIpc) is 3.05. The number of hydrogen-bond donors (Lipinski definition) is 2. The van der Waals surface area contributed by atoms with Crippen LogP contribution in [0.15, 0.2) is 30.3 Å². The van der Waals surface area contributed by atoms with Crippen molar-refractivity contribution in [2.24, 2.45) is 0 Å². The van der Waals surface area contributed by atoms with Gasteiger partial charge in [-0.3, -0.25) is 10.2 Å². The summed E-state index contributed by atoms with van der Waals surface area (Å²) in [6.45, 7) is 3.55. The number of carbonyl (C=O) groups excluding carboxylic acids is 1. The van der Waals surface area contributed by atoms with E-state index in [0.29, 0.717) is 21.9 Å². The summed E-state index contributed by atoms with van der Waals surface area (Å²) in [5, 5.41) is 2.51. The first-order valence-electron chi connectivity index (χ1n) is 9.03. The van der Waals surface area contributed by atoms with Crippen molar-refractivity contribution in [3.63, 3.8) is 0 Å². The largest absolute Gasteiger partial charge is 0.338 e. The monoisotopic (exact) mass is 386 g/mol. The predicted octanol–water partition coefficient (Wildman–Crippen LogP) is 4.46. The number of benzene rings is 2. The Bertz CT molecular complexity index is 972. The molecule has 2 heterocycles. The molecule has 2 aromatic carbocycles. The molecule has 0 radical (unpaired) electrons. The number of nitrogens with one attached hydrogen (secondary N) is 2. The van der Waals surface area contributed by atoms with Gasteiger partial charge in [0.1, 0.15) is 11.6 Å². The SMILES string of the molecule is Cc1cc2[nH]c(-c3ccc(C(=O)NN4CCCCC4)cc3F)nc2cc1Cl. The van der Waals surface area contributed by atoms with Gasteiger partial charge in [-0.15, -0.1) is 0 Å². The van der Waals surface area contributed by atoms with Gasteiger partial charge >= 0.3 is 0 Å². The number of aryl methyl sites for hydroxylation is 1. The molecular formula is C20H20ClFN4O. The third-order valence-corrected chi connectivity index (χ3v) is 5.27. The summed E-state index contributed by atoms with van der Waals surface area (Å²) in [4.78, 5) is 19.9. The zero-order valence-corrected chi connectivity index (χ0v) is 15.7. The van der Waals surface area contributed by atoms with Crippen LogP contribution in [0.5, 0.6) is 0 Å². The van der Waals surface area contributed by atoms with Crippen LogP contribution in [0.25, 0.3) is 22.4 Å². The van der Waals surface area contributed by atoms with Crippen LogP contribution in [-0.2, 0) is 0 Å². The van der Waals surface area contributed by atoms with Crippen LogP contribution in [0, 0.1) is 12.7 Å². The highest BCUT2D eigenvalue weighted by molar-refractivity contribution is 6.32. The van der Waals surface area contributed by atoms with E-state index < -0.39 is 5.82 Å². The molecule has 1 aliphatic heterocycles. The minimum atomic E-state index is -0.497. The summed E-state index contributed by atoms with van der Waals surface area (Å²) in [5.74, 6) is -0.385. The van der Waals surface area contributed by atoms with Gasteiger partial charge in [0.05, 0.1) is 16.6 Å². The molecule has 3 aromatic rings. The highest BCUT2D eigenvalue weighted by Gasteiger charge is 2.17. The molecule has 0 saturated carbocycles. The number of hydrogen-bond acceptors (Lipinski definition) is 3. The number of H-pyrrole nitrogens is 1. The van der Waals surface area contributed by atoms with Gasteiger partial charge in [0, 0.05) is 23.7 Å².